The van der Waals surface area contributed by atoms with Gasteiger partial charge < -0.3 is 10.6 Å². The molecule has 0 atom stereocenters. The van der Waals surface area contributed by atoms with Crippen molar-refractivity contribution in [2.75, 3.05) is 19.6 Å². The lowest BCUT2D eigenvalue weighted by atomic mass is 10.1. The molecule has 0 amide bonds. The van der Waals surface area contributed by atoms with Crippen molar-refractivity contribution >= 4 is 29.9 Å². The Kier molecular flexibility index (Phi) is 10.4. The van der Waals surface area contributed by atoms with E-state index >= 15 is 0 Å². The molecule has 0 fully saturated rings. The van der Waals surface area contributed by atoms with Gasteiger partial charge in [0.1, 0.15) is 5.82 Å². The molecule has 0 spiro atoms. The van der Waals surface area contributed by atoms with Crippen molar-refractivity contribution in [1.29, 1.82) is 0 Å². The average Bonchev–Trinajstić information content (AvgIpc) is 2.38. The third kappa shape index (κ3) is 8.24. The molecule has 0 saturated heterocycles. The molecule has 0 aromatic heterocycles. The molecule has 21 heavy (non-hydrogen) atoms. The highest BCUT2D eigenvalue weighted by Crippen LogP contribution is 2.10. The molecule has 1 rings (SSSR count). The van der Waals surface area contributed by atoms with Gasteiger partial charge in [-0.1, -0.05) is 19.9 Å². The molecule has 2 N–H and O–H groups in total. The second kappa shape index (κ2) is 10.8. The van der Waals surface area contributed by atoms with Gasteiger partial charge in [0.25, 0.3) is 0 Å². The Morgan fingerprint density at radius 2 is 2.00 bits per heavy atom. The molecule has 0 aliphatic rings. The molecule has 3 nitrogen and oxygen atoms in total. The lowest BCUT2D eigenvalue weighted by molar-refractivity contribution is 0.625. The van der Waals surface area contributed by atoms with Crippen LogP contribution in [0.15, 0.2) is 23.2 Å². The molecule has 0 bridgehead atoms. The largest absolute Gasteiger partial charge is 0.357 e. The van der Waals surface area contributed by atoms with Gasteiger partial charge in [-0.15, -0.1) is 24.0 Å². The molecule has 120 valence electrons. The first-order valence-corrected chi connectivity index (χ1v) is 7.30. The molecule has 0 unspecified atom stereocenters. The highest BCUT2D eigenvalue weighted by atomic mass is 127. The Balaban J connectivity index is 0.00000400. The van der Waals surface area contributed by atoms with Crippen LogP contribution in [-0.4, -0.2) is 25.6 Å². The van der Waals surface area contributed by atoms with Crippen LogP contribution in [0.5, 0.6) is 0 Å². The van der Waals surface area contributed by atoms with Crippen molar-refractivity contribution in [3.63, 3.8) is 0 Å². The summed E-state index contributed by atoms with van der Waals surface area (Å²) < 4.78 is 13.0. The van der Waals surface area contributed by atoms with E-state index in [0.717, 1.165) is 37.6 Å². The van der Waals surface area contributed by atoms with E-state index in [-0.39, 0.29) is 29.8 Å². The highest BCUT2D eigenvalue weighted by molar-refractivity contribution is 14.0. The Hall–Kier alpha value is -0.850. The lowest BCUT2D eigenvalue weighted by Crippen LogP contribution is -2.38. The number of aliphatic imine (C=N–C) groups is 1. The predicted octanol–water partition coefficient (Wildman–Crippen LogP) is 3.51. The maximum absolute atomic E-state index is 13.0. The maximum atomic E-state index is 13.0. The zero-order chi connectivity index (χ0) is 15.0. The highest BCUT2D eigenvalue weighted by Gasteiger charge is 2.02. The number of hydrogen-bond acceptors (Lipinski definition) is 1. The average molecular weight is 407 g/mol. The Morgan fingerprint density at radius 3 is 2.57 bits per heavy atom. The van der Waals surface area contributed by atoms with Gasteiger partial charge in [-0.3, -0.25) is 4.99 Å². The van der Waals surface area contributed by atoms with Gasteiger partial charge in [-0.25, -0.2) is 4.39 Å². The summed E-state index contributed by atoms with van der Waals surface area (Å²) in [5.74, 6) is 1.22. The molecule has 5 heteroatoms. The first-order valence-electron chi connectivity index (χ1n) is 7.30. The van der Waals surface area contributed by atoms with Gasteiger partial charge in [0.15, 0.2) is 5.96 Å². The zero-order valence-electron chi connectivity index (χ0n) is 13.4. The van der Waals surface area contributed by atoms with Gasteiger partial charge >= 0.3 is 0 Å². The van der Waals surface area contributed by atoms with Crippen molar-refractivity contribution < 1.29 is 4.39 Å². The minimum absolute atomic E-state index is 0. The standard InChI is InChI=1S/C16H26FN3.HI/c1-5-18-16(20-11-12(2)3)19-9-8-14-6-7-15(17)10-13(14)4;/h6-7,10,12H,5,8-9,11H2,1-4H3,(H2,18,19,20);1H. The summed E-state index contributed by atoms with van der Waals surface area (Å²) in [7, 11) is 0. The Bertz CT molecular complexity index is 447. The summed E-state index contributed by atoms with van der Waals surface area (Å²) >= 11 is 0. The molecule has 0 radical (unpaired) electrons. The van der Waals surface area contributed by atoms with Crippen molar-refractivity contribution in [3.8, 4) is 0 Å². The maximum Gasteiger partial charge on any atom is 0.191 e. The molecule has 0 aliphatic carbocycles. The van der Waals surface area contributed by atoms with Crippen LogP contribution in [0, 0.1) is 18.7 Å². The van der Waals surface area contributed by atoms with E-state index in [2.05, 4.69) is 36.4 Å². The minimum atomic E-state index is -0.175. The number of benzene rings is 1. The van der Waals surface area contributed by atoms with Gasteiger partial charge in [0, 0.05) is 19.6 Å². The smallest absolute Gasteiger partial charge is 0.191 e. The van der Waals surface area contributed by atoms with E-state index in [9.17, 15) is 4.39 Å². The summed E-state index contributed by atoms with van der Waals surface area (Å²) in [5.41, 5.74) is 2.16. The van der Waals surface area contributed by atoms with Crippen LogP contribution < -0.4 is 10.6 Å². The van der Waals surface area contributed by atoms with Crippen LogP contribution in [0.25, 0.3) is 0 Å². The Labute approximate surface area is 144 Å². The summed E-state index contributed by atoms with van der Waals surface area (Å²) in [4.78, 5) is 4.52. The third-order valence-corrected chi connectivity index (χ3v) is 2.95. The van der Waals surface area contributed by atoms with Gasteiger partial charge in [0.05, 0.1) is 0 Å². The number of hydrogen-bond donors (Lipinski definition) is 2. The van der Waals surface area contributed by atoms with Crippen molar-refractivity contribution in [2.24, 2.45) is 10.9 Å². The van der Waals surface area contributed by atoms with Gasteiger partial charge in [0.2, 0.25) is 0 Å². The molecule has 0 aliphatic heterocycles. The van der Waals surface area contributed by atoms with Crippen LogP contribution in [0.4, 0.5) is 4.39 Å². The summed E-state index contributed by atoms with van der Waals surface area (Å²) in [6.07, 6.45) is 0.859. The molecular weight excluding hydrogens is 380 g/mol. The van der Waals surface area contributed by atoms with E-state index in [1.54, 1.807) is 6.07 Å². The number of guanidine groups is 1. The second-order valence-electron chi connectivity index (χ2n) is 5.36. The number of nitrogens with zero attached hydrogens (tertiary/aromatic N) is 1. The van der Waals surface area contributed by atoms with E-state index in [1.165, 1.54) is 11.6 Å². The lowest BCUT2D eigenvalue weighted by Gasteiger charge is -2.12. The number of rotatable bonds is 6. The Morgan fingerprint density at radius 1 is 1.29 bits per heavy atom. The quantitative estimate of drug-likeness (QED) is 0.430. The first-order chi connectivity index (χ1) is 9.52. The fraction of sp³-hybridized carbons (Fsp3) is 0.562. The van der Waals surface area contributed by atoms with Crippen LogP contribution in [0.3, 0.4) is 0 Å². The van der Waals surface area contributed by atoms with Crippen LogP contribution in [0.1, 0.15) is 31.9 Å². The van der Waals surface area contributed by atoms with E-state index in [1.807, 2.05) is 13.0 Å². The monoisotopic (exact) mass is 407 g/mol. The van der Waals surface area contributed by atoms with Crippen LogP contribution in [-0.2, 0) is 6.42 Å². The number of nitrogens with one attached hydrogen (secondary N) is 2. The summed E-state index contributed by atoms with van der Waals surface area (Å²) in [6.45, 7) is 10.7. The van der Waals surface area contributed by atoms with Crippen LogP contribution in [0.2, 0.25) is 0 Å². The number of halogens is 2. The topological polar surface area (TPSA) is 36.4 Å². The molecular formula is C16H27FIN3. The fourth-order valence-corrected chi connectivity index (χ4v) is 1.87. The van der Waals surface area contributed by atoms with Crippen molar-refractivity contribution in [1.82, 2.24) is 10.6 Å². The predicted molar refractivity (Wildman–Crippen MR) is 99.1 cm³/mol. The molecule has 0 saturated carbocycles. The van der Waals surface area contributed by atoms with Crippen LogP contribution >= 0.6 is 24.0 Å². The molecule has 0 heterocycles. The second-order valence-corrected chi connectivity index (χ2v) is 5.36. The number of aryl methyl sites for hydroxylation is 1. The van der Waals surface area contributed by atoms with E-state index < -0.39 is 0 Å². The van der Waals surface area contributed by atoms with E-state index in [0.29, 0.717) is 5.92 Å². The third-order valence-electron chi connectivity index (χ3n) is 2.95. The summed E-state index contributed by atoms with van der Waals surface area (Å²) in [5, 5.41) is 6.54. The molecule has 1 aromatic rings. The van der Waals surface area contributed by atoms with E-state index in [4.69, 9.17) is 0 Å². The SMILES string of the molecule is CCNC(=NCC(C)C)NCCc1ccc(F)cc1C.I. The first kappa shape index (κ1) is 20.1. The van der Waals surface area contributed by atoms with Crippen molar-refractivity contribution in [3.05, 3.63) is 35.1 Å². The van der Waals surface area contributed by atoms with Gasteiger partial charge in [-0.05, 0) is 49.4 Å². The van der Waals surface area contributed by atoms with Gasteiger partial charge in [-0.2, -0.15) is 0 Å². The molecule has 1 aromatic carbocycles. The fourth-order valence-electron chi connectivity index (χ4n) is 1.87. The minimum Gasteiger partial charge on any atom is -0.357 e. The zero-order valence-corrected chi connectivity index (χ0v) is 15.7. The van der Waals surface area contributed by atoms with Crippen molar-refractivity contribution in [2.45, 2.75) is 34.1 Å². The summed E-state index contributed by atoms with van der Waals surface area (Å²) in [6, 6.07) is 4.94. The normalized spacial score (nSPS) is 11.2.